The van der Waals surface area contributed by atoms with E-state index in [4.69, 9.17) is 18.9 Å². The van der Waals surface area contributed by atoms with Crippen LogP contribution in [-0.4, -0.2) is 33.8 Å². The lowest BCUT2D eigenvalue weighted by molar-refractivity contribution is -0.137. The van der Waals surface area contributed by atoms with Crippen LogP contribution in [0.1, 0.15) is 40.7 Å². The van der Waals surface area contributed by atoms with Crippen LogP contribution in [0.3, 0.4) is 0 Å². The number of aliphatic carboxylic acids is 1. The molecule has 0 aliphatic carbocycles. The van der Waals surface area contributed by atoms with Gasteiger partial charge in [0, 0.05) is 29.0 Å². The fraction of sp³-hybridized carbons (Fsp3) is 0.226. The fourth-order valence-electron chi connectivity index (χ4n) is 5.76. The van der Waals surface area contributed by atoms with Gasteiger partial charge in [-0.25, -0.2) is 9.37 Å². The second-order valence-corrected chi connectivity index (χ2v) is 10.2. The first kappa shape index (κ1) is 23.5. The maximum Gasteiger partial charge on any atom is 0.304 e. The number of aromatic nitrogens is 2. The number of nitrogens with zero attached hydrogens (tertiary/aromatic N) is 2. The minimum atomic E-state index is -0.824. The Morgan fingerprint density at radius 3 is 2.72 bits per heavy atom. The lowest BCUT2D eigenvalue weighted by atomic mass is 9.91. The Balaban J connectivity index is 1.26. The van der Waals surface area contributed by atoms with Gasteiger partial charge in [-0.1, -0.05) is 24.3 Å². The van der Waals surface area contributed by atoms with Crippen LogP contribution >= 0.6 is 0 Å². The summed E-state index contributed by atoms with van der Waals surface area (Å²) >= 11 is 0. The smallest absolute Gasteiger partial charge is 0.304 e. The van der Waals surface area contributed by atoms with Gasteiger partial charge in [-0.3, -0.25) is 9.36 Å². The maximum atomic E-state index is 14.4. The van der Waals surface area contributed by atoms with Crippen LogP contribution in [0.5, 0.6) is 11.5 Å². The normalized spacial score (nSPS) is 17.6. The van der Waals surface area contributed by atoms with E-state index in [0.29, 0.717) is 35.8 Å². The number of carboxylic acid groups (broad SMARTS) is 1. The van der Waals surface area contributed by atoms with Gasteiger partial charge in [0.25, 0.3) is 0 Å². The number of carbonyl (C=O) groups is 1. The molecule has 7 rings (SSSR count). The Morgan fingerprint density at radius 1 is 1.03 bits per heavy atom. The molecule has 0 spiro atoms. The zero-order valence-electron chi connectivity index (χ0n) is 21.2. The Bertz CT molecular complexity index is 1750. The third-order valence-corrected chi connectivity index (χ3v) is 7.57. The lowest BCUT2D eigenvalue weighted by Crippen LogP contribution is -2.07. The monoisotopic (exact) mass is 524 g/mol. The van der Waals surface area contributed by atoms with Crippen molar-refractivity contribution in [3.63, 3.8) is 0 Å². The molecule has 0 saturated carbocycles. The topological polar surface area (TPSA) is 86.7 Å². The van der Waals surface area contributed by atoms with Gasteiger partial charge in [0.15, 0.2) is 11.6 Å². The maximum absolute atomic E-state index is 14.4. The van der Waals surface area contributed by atoms with Crippen LogP contribution in [0.4, 0.5) is 4.39 Å². The first-order valence-corrected chi connectivity index (χ1v) is 12.9. The highest BCUT2D eigenvalue weighted by Crippen LogP contribution is 2.44. The molecule has 4 heterocycles. The van der Waals surface area contributed by atoms with E-state index in [1.54, 1.807) is 6.07 Å². The molecular weight excluding hydrogens is 499 g/mol. The quantitative estimate of drug-likeness (QED) is 0.277. The summed E-state index contributed by atoms with van der Waals surface area (Å²) in [5.74, 6) is 2.26. The van der Waals surface area contributed by atoms with E-state index in [-0.39, 0.29) is 24.1 Å². The van der Waals surface area contributed by atoms with Crippen molar-refractivity contribution in [1.29, 1.82) is 0 Å². The highest BCUT2D eigenvalue weighted by molar-refractivity contribution is 5.83. The number of para-hydroxylation sites is 1. The van der Waals surface area contributed by atoms with Crippen molar-refractivity contribution in [2.75, 3.05) is 13.2 Å². The molecule has 2 aliphatic rings. The number of carboxylic acids is 1. The zero-order valence-corrected chi connectivity index (χ0v) is 21.2. The zero-order chi connectivity index (χ0) is 26.7. The van der Waals surface area contributed by atoms with Crippen molar-refractivity contribution in [2.45, 2.75) is 31.6 Å². The van der Waals surface area contributed by atoms with E-state index in [9.17, 15) is 14.3 Å². The minimum Gasteiger partial charge on any atom is -0.493 e. The first-order valence-electron chi connectivity index (χ1n) is 12.9. The van der Waals surface area contributed by atoms with Crippen molar-refractivity contribution in [1.82, 2.24) is 9.55 Å². The standard InChI is InChI=1S/C31H25FN2O5/c1-17-5-10-27(39-17)31-33-24-9-7-21(32)14-26(24)34(31)25-4-2-3-23-19(16-38-30(23)25)11-18-6-8-22-20(13-29(35)36)15-37-28(22)12-18/h2-10,12,14,19-20H,11,13,15-16H2,1H3,(H,35,36)/t19-,20-/m1/s1. The second kappa shape index (κ2) is 9.01. The lowest BCUT2D eigenvalue weighted by Gasteiger charge is -2.13. The van der Waals surface area contributed by atoms with E-state index in [2.05, 4.69) is 6.07 Å². The highest BCUT2D eigenvalue weighted by Gasteiger charge is 2.31. The molecule has 0 unspecified atom stereocenters. The van der Waals surface area contributed by atoms with Crippen LogP contribution in [0.25, 0.3) is 28.3 Å². The number of imidazole rings is 1. The summed E-state index contributed by atoms with van der Waals surface area (Å²) in [6, 6.07) is 20.4. The summed E-state index contributed by atoms with van der Waals surface area (Å²) in [5, 5.41) is 9.18. The van der Waals surface area contributed by atoms with Crippen LogP contribution < -0.4 is 9.47 Å². The van der Waals surface area contributed by atoms with Gasteiger partial charge in [-0.15, -0.1) is 0 Å². The predicted octanol–water partition coefficient (Wildman–Crippen LogP) is 6.40. The molecule has 8 heteroatoms. The third kappa shape index (κ3) is 4.03. The molecule has 2 aromatic heterocycles. The third-order valence-electron chi connectivity index (χ3n) is 7.57. The van der Waals surface area contributed by atoms with Crippen molar-refractivity contribution < 1.29 is 28.2 Å². The number of fused-ring (bicyclic) bond motifs is 3. The van der Waals surface area contributed by atoms with Crippen molar-refractivity contribution in [3.8, 4) is 28.8 Å². The Labute approximate surface area is 223 Å². The summed E-state index contributed by atoms with van der Waals surface area (Å²) in [6.45, 7) is 2.77. The number of ether oxygens (including phenoxy) is 2. The summed E-state index contributed by atoms with van der Waals surface area (Å²) in [7, 11) is 0. The summed E-state index contributed by atoms with van der Waals surface area (Å²) in [5.41, 5.74) is 5.18. The first-order chi connectivity index (χ1) is 18.9. The molecule has 7 nitrogen and oxygen atoms in total. The van der Waals surface area contributed by atoms with Gasteiger partial charge in [0.05, 0.1) is 36.4 Å². The van der Waals surface area contributed by atoms with Gasteiger partial charge in [-0.05, 0) is 55.3 Å². The van der Waals surface area contributed by atoms with Gasteiger partial charge >= 0.3 is 5.97 Å². The van der Waals surface area contributed by atoms with Crippen molar-refractivity contribution >= 4 is 17.0 Å². The summed E-state index contributed by atoms with van der Waals surface area (Å²) in [4.78, 5) is 16.0. The predicted molar refractivity (Wildman–Crippen MR) is 142 cm³/mol. The number of halogens is 1. The molecule has 196 valence electrons. The Morgan fingerprint density at radius 2 is 1.90 bits per heavy atom. The highest BCUT2D eigenvalue weighted by atomic mass is 19.1. The average molecular weight is 525 g/mol. The van der Waals surface area contributed by atoms with Gasteiger partial charge < -0.3 is 19.0 Å². The van der Waals surface area contributed by atoms with Gasteiger partial charge in [0.2, 0.25) is 0 Å². The molecule has 0 amide bonds. The van der Waals surface area contributed by atoms with Crippen molar-refractivity contribution in [3.05, 3.63) is 95.0 Å². The molecule has 3 aromatic carbocycles. The molecule has 39 heavy (non-hydrogen) atoms. The largest absolute Gasteiger partial charge is 0.493 e. The number of hydrogen-bond donors (Lipinski definition) is 1. The molecule has 5 aromatic rings. The molecule has 2 atom stereocenters. The summed E-state index contributed by atoms with van der Waals surface area (Å²) < 4.78 is 34.3. The SMILES string of the molecule is Cc1ccc(-c2nc3ccc(F)cc3n2-c2cccc3c2OC[C@H]3Cc2ccc3c(c2)OC[C@H]3CC(=O)O)o1. The minimum absolute atomic E-state index is 0.0609. The fourth-order valence-corrected chi connectivity index (χ4v) is 5.76. The van der Waals surface area contributed by atoms with Gasteiger partial charge in [0.1, 0.15) is 23.1 Å². The number of furan rings is 1. The molecular formula is C31H25FN2O5. The van der Waals surface area contributed by atoms with E-state index >= 15 is 0 Å². The molecule has 0 bridgehead atoms. The van der Waals surface area contributed by atoms with E-state index < -0.39 is 5.97 Å². The second-order valence-electron chi connectivity index (χ2n) is 10.2. The Kier molecular flexibility index (Phi) is 5.43. The Hall–Kier alpha value is -4.59. The molecule has 0 saturated heterocycles. The molecule has 0 fully saturated rings. The molecule has 2 aliphatic heterocycles. The van der Waals surface area contributed by atoms with Crippen LogP contribution in [0, 0.1) is 12.7 Å². The number of aryl methyl sites for hydroxylation is 1. The van der Waals surface area contributed by atoms with Crippen LogP contribution in [-0.2, 0) is 11.2 Å². The molecule has 1 N–H and O–H groups in total. The van der Waals surface area contributed by atoms with E-state index in [1.807, 2.05) is 54.0 Å². The van der Waals surface area contributed by atoms with Crippen LogP contribution in [0.2, 0.25) is 0 Å². The molecule has 0 radical (unpaired) electrons. The summed E-state index contributed by atoms with van der Waals surface area (Å²) in [6.07, 6.45) is 0.797. The number of benzene rings is 3. The van der Waals surface area contributed by atoms with Crippen LogP contribution in [0.15, 0.2) is 71.1 Å². The number of hydrogen-bond acceptors (Lipinski definition) is 5. The van der Waals surface area contributed by atoms with E-state index in [0.717, 1.165) is 46.1 Å². The average Bonchev–Trinajstić information content (AvgIpc) is 3.69. The van der Waals surface area contributed by atoms with Crippen molar-refractivity contribution in [2.24, 2.45) is 0 Å². The van der Waals surface area contributed by atoms with E-state index in [1.165, 1.54) is 12.1 Å². The van der Waals surface area contributed by atoms with Gasteiger partial charge in [-0.2, -0.15) is 0 Å². The number of rotatable bonds is 6.